The lowest BCUT2D eigenvalue weighted by atomic mass is 9.87. The molecule has 0 unspecified atom stereocenters. The van der Waals surface area contributed by atoms with Crippen molar-refractivity contribution in [3.05, 3.63) is 35.7 Å². The summed E-state index contributed by atoms with van der Waals surface area (Å²) in [7, 11) is 0. The summed E-state index contributed by atoms with van der Waals surface area (Å²) in [5.41, 5.74) is 2.38. The summed E-state index contributed by atoms with van der Waals surface area (Å²) in [5, 5.41) is 4.18. The molecule has 1 aromatic carbocycles. The second-order valence-corrected chi connectivity index (χ2v) is 10.1. The van der Waals surface area contributed by atoms with Crippen molar-refractivity contribution in [1.29, 1.82) is 0 Å². The van der Waals surface area contributed by atoms with Crippen molar-refractivity contribution in [3.8, 4) is 11.4 Å². The van der Waals surface area contributed by atoms with Gasteiger partial charge in [0.25, 0.3) is 0 Å². The van der Waals surface area contributed by atoms with Gasteiger partial charge in [0, 0.05) is 37.7 Å². The van der Waals surface area contributed by atoms with Crippen LogP contribution in [-0.2, 0) is 16.8 Å². The first-order chi connectivity index (χ1) is 15.3. The first kappa shape index (κ1) is 22.9. The molecule has 4 rings (SSSR count). The van der Waals surface area contributed by atoms with E-state index in [2.05, 4.69) is 76.8 Å². The largest absolute Gasteiger partial charge is 0.340 e. The molecule has 1 aromatic heterocycles. The fourth-order valence-electron chi connectivity index (χ4n) is 4.63. The van der Waals surface area contributed by atoms with Crippen molar-refractivity contribution in [3.63, 3.8) is 0 Å². The van der Waals surface area contributed by atoms with Gasteiger partial charge in [0.1, 0.15) is 0 Å². The van der Waals surface area contributed by atoms with Crippen molar-refractivity contribution in [2.45, 2.75) is 52.5 Å². The lowest BCUT2D eigenvalue weighted by Gasteiger charge is -2.38. The molecule has 2 fully saturated rings. The molecule has 2 aromatic rings. The van der Waals surface area contributed by atoms with Crippen LogP contribution >= 0.6 is 0 Å². The van der Waals surface area contributed by atoms with Crippen molar-refractivity contribution >= 4 is 5.91 Å². The van der Waals surface area contributed by atoms with E-state index in [-0.39, 0.29) is 11.3 Å². The maximum absolute atomic E-state index is 12.9. The molecule has 0 N–H and O–H groups in total. The highest BCUT2D eigenvalue weighted by atomic mass is 16.5. The van der Waals surface area contributed by atoms with E-state index in [4.69, 9.17) is 4.52 Å². The number of hydrogen-bond donors (Lipinski definition) is 0. The molecule has 174 valence electrons. The van der Waals surface area contributed by atoms with Crippen LogP contribution in [0.4, 0.5) is 0 Å². The molecule has 2 saturated heterocycles. The Bertz CT molecular complexity index is 886. The lowest BCUT2D eigenvalue weighted by molar-refractivity contribution is -0.138. The van der Waals surface area contributed by atoms with Crippen LogP contribution in [-0.4, -0.2) is 76.6 Å². The molecule has 0 aliphatic carbocycles. The molecule has 0 saturated carbocycles. The number of aromatic nitrogens is 2. The summed E-state index contributed by atoms with van der Waals surface area (Å²) in [4.78, 5) is 24.3. The van der Waals surface area contributed by atoms with Gasteiger partial charge >= 0.3 is 0 Å². The van der Waals surface area contributed by atoms with Gasteiger partial charge in [-0.15, -0.1) is 0 Å². The van der Waals surface area contributed by atoms with Crippen LogP contribution < -0.4 is 0 Å². The number of piperazine rings is 1. The van der Waals surface area contributed by atoms with E-state index < -0.39 is 0 Å². The number of likely N-dealkylation sites (N-methyl/N-ethyl adjacent to an activating group) is 1. The van der Waals surface area contributed by atoms with Gasteiger partial charge in [-0.3, -0.25) is 9.69 Å². The Kier molecular flexibility index (Phi) is 6.96. The van der Waals surface area contributed by atoms with Crippen molar-refractivity contribution in [2.75, 3.05) is 45.8 Å². The molecule has 2 aliphatic rings. The van der Waals surface area contributed by atoms with Crippen LogP contribution in [0.25, 0.3) is 11.4 Å². The summed E-state index contributed by atoms with van der Waals surface area (Å²) >= 11 is 0. The molecule has 2 aliphatic heterocycles. The van der Waals surface area contributed by atoms with Crippen LogP contribution in [0.5, 0.6) is 0 Å². The van der Waals surface area contributed by atoms with Crippen molar-refractivity contribution in [2.24, 2.45) is 5.92 Å². The number of likely N-dealkylation sites (tertiary alicyclic amines) is 1. The summed E-state index contributed by atoms with van der Waals surface area (Å²) in [5.74, 6) is 1.77. The maximum atomic E-state index is 12.9. The molecule has 0 bridgehead atoms. The Balaban J connectivity index is 1.27. The molecule has 0 radical (unpaired) electrons. The maximum Gasteiger partial charge on any atom is 0.241 e. The Morgan fingerprint density at radius 1 is 1.00 bits per heavy atom. The number of rotatable bonds is 5. The van der Waals surface area contributed by atoms with Crippen LogP contribution in [0.15, 0.2) is 28.8 Å². The fourth-order valence-corrected chi connectivity index (χ4v) is 4.63. The minimum Gasteiger partial charge on any atom is -0.340 e. The molecular weight excluding hydrogens is 402 g/mol. The predicted octanol–water partition coefficient (Wildman–Crippen LogP) is 3.41. The molecule has 0 spiro atoms. The Hall–Kier alpha value is -2.25. The highest BCUT2D eigenvalue weighted by Crippen LogP contribution is 2.26. The highest BCUT2D eigenvalue weighted by molar-refractivity contribution is 5.79. The standard InChI is InChI=1S/C25H37N5O2/c1-5-28-14-16-30(17-15-28)24(31)20-10-12-29(13-11-20)18-22-26-23(27-32-22)19-6-8-21(9-7-19)25(2,3)4/h6-9,20H,5,10-18H2,1-4H3. The third-order valence-corrected chi connectivity index (χ3v) is 6.90. The summed E-state index contributed by atoms with van der Waals surface area (Å²) in [6.07, 6.45) is 1.81. The van der Waals surface area contributed by atoms with Crippen LogP contribution in [0.1, 0.15) is 52.0 Å². The molecule has 1 amide bonds. The molecule has 7 heteroatoms. The fraction of sp³-hybridized carbons (Fsp3) is 0.640. The number of benzene rings is 1. The van der Waals surface area contributed by atoms with E-state index in [0.29, 0.717) is 24.2 Å². The second-order valence-electron chi connectivity index (χ2n) is 10.1. The smallest absolute Gasteiger partial charge is 0.241 e. The van der Waals surface area contributed by atoms with Gasteiger partial charge in [0.05, 0.1) is 6.54 Å². The quantitative estimate of drug-likeness (QED) is 0.711. The van der Waals surface area contributed by atoms with Gasteiger partial charge in [-0.1, -0.05) is 57.1 Å². The first-order valence-electron chi connectivity index (χ1n) is 12.0. The molecule has 32 heavy (non-hydrogen) atoms. The Morgan fingerprint density at radius 3 is 2.25 bits per heavy atom. The zero-order valence-corrected chi connectivity index (χ0v) is 20.0. The van der Waals surface area contributed by atoms with Gasteiger partial charge in [0.2, 0.25) is 17.6 Å². The third kappa shape index (κ3) is 5.38. The van der Waals surface area contributed by atoms with Gasteiger partial charge < -0.3 is 14.3 Å². The van der Waals surface area contributed by atoms with Crippen LogP contribution in [0.2, 0.25) is 0 Å². The number of nitrogens with zero attached hydrogens (tertiary/aromatic N) is 5. The highest BCUT2D eigenvalue weighted by Gasteiger charge is 2.30. The van der Waals surface area contributed by atoms with E-state index in [1.54, 1.807) is 0 Å². The van der Waals surface area contributed by atoms with Gasteiger partial charge in [-0.25, -0.2) is 0 Å². The second kappa shape index (κ2) is 9.71. The Morgan fingerprint density at radius 2 is 1.66 bits per heavy atom. The van der Waals surface area contributed by atoms with E-state index >= 15 is 0 Å². The van der Waals surface area contributed by atoms with Crippen LogP contribution in [0, 0.1) is 5.92 Å². The SMILES string of the molecule is CCN1CCN(C(=O)C2CCN(Cc3nc(-c4ccc(C(C)(C)C)cc4)no3)CC2)CC1. The number of hydrogen-bond acceptors (Lipinski definition) is 6. The number of carbonyl (C=O) groups is 1. The zero-order valence-electron chi connectivity index (χ0n) is 20.0. The van der Waals surface area contributed by atoms with Crippen LogP contribution in [0.3, 0.4) is 0 Å². The number of piperidine rings is 1. The summed E-state index contributed by atoms with van der Waals surface area (Å²) in [6.45, 7) is 16.0. The van der Waals surface area contributed by atoms with E-state index in [0.717, 1.165) is 64.2 Å². The molecule has 0 atom stereocenters. The number of carbonyl (C=O) groups excluding carboxylic acids is 1. The molecular formula is C25H37N5O2. The van der Waals surface area contributed by atoms with E-state index in [1.807, 2.05) is 0 Å². The minimum atomic E-state index is 0.123. The number of amides is 1. The summed E-state index contributed by atoms with van der Waals surface area (Å²) in [6, 6.07) is 8.39. The first-order valence-corrected chi connectivity index (χ1v) is 12.0. The van der Waals surface area contributed by atoms with Crippen molar-refractivity contribution < 1.29 is 9.32 Å². The average Bonchev–Trinajstić information content (AvgIpc) is 3.27. The third-order valence-electron chi connectivity index (χ3n) is 6.90. The van der Waals surface area contributed by atoms with Gasteiger partial charge in [0.15, 0.2) is 0 Å². The average molecular weight is 440 g/mol. The van der Waals surface area contributed by atoms with Gasteiger partial charge in [-0.2, -0.15) is 4.98 Å². The lowest BCUT2D eigenvalue weighted by Crippen LogP contribution is -2.51. The molecule has 7 nitrogen and oxygen atoms in total. The van der Waals surface area contributed by atoms with E-state index in [9.17, 15) is 4.79 Å². The zero-order chi connectivity index (χ0) is 22.7. The molecule has 3 heterocycles. The topological polar surface area (TPSA) is 65.7 Å². The van der Waals surface area contributed by atoms with E-state index in [1.165, 1.54) is 5.56 Å². The minimum absolute atomic E-state index is 0.123. The summed E-state index contributed by atoms with van der Waals surface area (Å²) < 4.78 is 5.53. The Labute approximate surface area is 191 Å². The normalized spacial score (nSPS) is 19.4. The monoisotopic (exact) mass is 439 g/mol. The van der Waals surface area contributed by atoms with Crippen molar-refractivity contribution in [1.82, 2.24) is 24.8 Å². The predicted molar refractivity (Wildman–Crippen MR) is 125 cm³/mol. The van der Waals surface area contributed by atoms with Gasteiger partial charge in [-0.05, 0) is 43.5 Å².